The van der Waals surface area contributed by atoms with E-state index >= 15 is 0 Å². The van der Waals surface area contributed by atoms with Gasteiger partial charge < -0.3 is 19.7 Å². The van der Waals surface area contributed by atoms with Crippen LogP contribution in [0.1, 0.15) is 25.7 Å². The molecule has 4 nitrogen and oxygen atoms in total. The second-order valence-corrected chi connectivity index (χ2v) is 4.47. The first-order chi connectivity index (χ1) is 7.81. The third-order valence-electron chi connectivity index (χ3n) is 3.23. The lowest BCUT2D eigenvalue weighted by molar-refractivity contribution is -0.141. The van der Waals surface area contributed by atoms with Gasteiger partial charge in [-0.15, -0.1) is 0 Å². The van der Waals surface area contributed by atoms with Crippen LogP contribution in [0.3, 0.4) is 0 Å². The molecule has 92 valence electrons. The SMILES string of the molecule is OCCCCCOC(O)C1CC2C=CC1O2. The van der Waals surface area contributed by atoms with Gasteiger partial charge in [0.1, 0.15) is 0 Å². The Morgan fingerprint density at radius 3 is 2.81 bits per heavy atom. The van der Waals surface area contributed by atoms with E-state index in [0.717, 1.165) is 25.7 Å². The largest absolute Gasteiger partial charge is 0.396 e. The number of fused-ring (bicyclic) bond motifs is 2. The zero-order valence-corrected chi connectivity index (χ0v) is 9.42. The molecule has 0 amide bonds. The highest BCUT2D eigenvalue weighted by molar-refractivity contribution is 5.11. The minimum absolute atomic E-state index is 0.0393. The molecule has 0 aliphatic carbocycles. The van der Waals surface area contributed by atoms with Crippen LogP contribution < -0.4 is 0 Å². The first-order valence-electron chi connectivity index (χ1n) is 6.05. The third kappa shape index (κ3) is 2.83. The van der Waals surface area contributed by atoms with Crippen LogP contribution in [0.25, 0.3) is 0 Å². The van der Waals surface area contributed by atoms with Gasteiger partial charge in [-0.05, 0) is 25.7 Å². The van der Waals surface area contributed by atoms with Crippen LogP contribution in [-0.4, -0.2) is 41.9 Å². The molecule has 4 atom stereocenters. The molecule has 1 fully saturated rings. The molecule has 0 spiro atoms. The number of aliphatic hydroxyl groups is 2. The van der Waals surface area contributed by atoms with Gasteiger partial charge in [0.25, 0.3) is 0 Å². The van der Waals surface area contributed by atoms with Crippen LogP contribution in [0.2, 0.25) is 0 Å². The van der Waals surface area contributed by atoms with E-state index in [1.807, 2.05) is 6.08 Å². The van der Waals surface area contributed by atoms with Crippen molar-refractivity contribution >= 4 is 0 Å². The number of rotatable bonds is 7. The van der Waals surface area contributed by atoms with E-state index in [0.29, 0.717) is 6.61 Å². The van der Waals surface area contributed by atoms with Gasteiger partial charge in [0.05, 0.1) is 12.2 Å². The first-order valence-corrected chi connectivity index (χ1v) is 6.05. The fourth-order valence-electron chi connectivity index (χ4n) is 2.30. The molecule has 0 aromatic carbocycles. The van der Waals surface area contributed by atoms with Gasteiger partial charge in [0.15, 0.2) is 6.29 Å². The minimum Gasteiger partial charge on any atom is -0.396 e. The van der Waals surface area contributed by atoms with E-state index in [2.05, 4.69) is 6.08 Å². The van der Waals surface area contributed by atoms with Crippen molar-refractivity contribution in [2.24, 2.45) is 5.92 Å². The average Bonchev–Trinajstić information content (AvgIpc) is 2.90. The molecule has 0 radical (unpaired) electrons. The van der Waals surface area contributed by atoms with Gasteiger partial charge in [0, 0.05) is 19.1 Å². The van der Waals surface area contributed by atoms with Crippen LogP contribution >= 0.6 is 0 Å². The van der Waals surface area contributed by atoms with E-state index in [4.69, 9.17) is 14.6 Å². The van der Waals surface area contributed by atoms with Crippen molar-refractivity contribution in [1.29, 1.82) is 0 Å². The van der Waals surface area contributed by atoms with Gasteiger partial charge in [-0.2, -0.15) is 0 Å². The highest BCUT2D eigenvalue weighted by Crippen LogP contribution is 2.35. The number of ether oxygens (including phenoxy) is 2. The number of aliphatic hydroxyl groups excluding tert-OH is 2. The highest BCUT2D eigenvalue weighted by atomic mass is 16.6. The molecule has 0 aromatic heterocycles. The zero-order valence-electron chi connectivity index (χ0n) is 9.42. The van der Waals surface area contributed by atoms with Crippen LogP contribution in [-0.2, 0) is 9.47 Å². The molecule has 4 heteroatoms. The Labute approximate surface area is 95.9 Å². The van der Waals surface area contributed by atoms with Crippen molar-refractivity contribution in [1.82, 2.24) is 0 Å². The predicted octanol–water partition coefficient (Wildman–Crippen LogP) is 0.827. The summed E-state index contributed by atoms with van der Waals surface area (Å²) in [5.74, 6) is 0.0906. The molecule has 2 aliphatic heterocycles. The molecule has 0 saturated carbocycles. The molecule has 2 aliphatic rings. The van der Waals surface area contributed by atoms with E-state index in [9.17, 15) is 5.11 Å². The van der Waals surface area contributed by atoms with Crippen LogP contribution in [0.4, 0.5) is 0 Å². The van der Waals surface area contributed by atoms with E-state index in [1.54, 1.807) is 0 Å². The Hall–Kier alpha value is -0.420. The summed E-state index contributed by atoms with van der Waals surface area (Å²) in [4.78, 5) is 0. The molecular weight excluding hydrogens is 208 g/mol. The van der Waals surface area contributed by atoms with Crippen molar-refractivity contribution in [3.05, 3.63) is 12.2 Å². The summed E-state index contributed by atoms with van der Waals surface area (Å²) in [7, 11) is 0. The molecule has 16 heavy (non-hydrogen) atoms. The molecular formula is C12H20O4. The molecule has 4 unspecified atom stereocenters. The first kappa shape index (κ1) is 12.0. The molecule has 0 aromatic rings. The zero-order chi connectivity index (χ0) is 11.4. The number of hydrogen-bond acceptors (Lipinski definition) is 4. The fourth-order valence-corrected chi connectivity index (χ4v) is 2.30. The van der Waals surface area contributed by atoms with Crippen molar-refractivity contribution < 1.29 is 19.7 Å². The van der Waals surface area contributed by atoms with E-state index in [-0.39, 0.29) is 24.7 Å². The Kier molecular flexibility index (Phi) is 4.35. The number of hydrogen-bond donors (Lipinski definition) is 2. The smallest absolute Gasteiger partial charge is 0.160 e. The van der Waals surface area contributed by atoms with E-state index < -0.39 is 6.29 Å². The van der Waals surface area contributed by atoms with Crippen molar-refractivity contribution in [2.45, 2.75) is 44.2 Å². The molecule has 2 N–H and O–H groups in total. The quantitative estimate of drug-likeness (QED) is 0.385. The summed E-state index contributed by atoms with van der Waals surface area (Å²) >= 11 is 0. The highest BCUT2D eigenvalue weighted by Gasteiger charge is 2.41. The van der Waals surface area contributed by atoms with Crippen LogP contribution in [0, 0.1) is 5.92 Å². The standard InChI is InChI=1S/C12H20O4/c13-6-2-1-3-7-15-12(14)10-8-9-4-5-11(10)16-9/h4-5,9-14H,1-3,6-8H2. The monoisotopic (exact) mass is 228 g/mol. The summed E-state index contributed by atoms with van der Waals surface area (Å²) < 4.78 is 11.0. The van der Waals surface area contributed by atoms with Crippen LogP contribution in [0.5, 0.6) is 0 Å². The summed E-state index contributed by atoms with van der Waals surface area (Å²) in [6.45, 7) is 0.784. The molecule has 2 heterocycles. The molecule has 2 rings (SSSR count). The normalized spacial score (nSPS) is 33.5. The molecule has 1 saturated heterocycles. The fraction of sp³-hybridized carbons (Fsp3) is 0.833. The van der Waals surface area contributed by atoms with Gasteiger partial charge in [-0.1, -0.05) is 12.2 Å². The summed E-state index contributed by atoms with van der Waals surface area (Å²) in [5.41, 5.74) is 0. The maximum absolute atomic E-state index is 9.84. The van der Waals surface area contributed by atoms with E-state index in [1.165, 1.54) is 0 Å². The predicted molar refractivity (Wildman–Crippen MR) is 58.8 cm³/mol. The summed E-state index contributed by atoms with van der Waals surface area (Å²) in [6.07, 6.45) is 7.06. The maximum atomic E-state index is 9.84. The summed E-state index contributed by atoms with van der Waals surface area (Å²) in [6, 6.07) is 0. The van der Waals surface area contributed by atoms with Crippen molar-refractivity contribution in [3.63, 3.8) is 0 Å². The van der Waals surface area contributed by atoms with Crippen molar-refractivity contribution in [3.8, 4) is 0 Å². The van der Waals surface area contributed by atoms with Gasteiger partial charge in [-0.25, -0.2) is 0 Å². The maximum Gasteiger partial charge on any atom is 0.160 e. The van der Waals surface area contributed by atoms with Crippen LogP contribution in [0.15, 0.2) is 12.2 Å². The topological polar surface area (TPSA) is 58.9 Å². The minimum atomic E-state index is -0.714. The Morgan fingerprint density at radius 2 is 2.19 bits per heavy atom. The second-order valence-electron chi connectivity index (χ2n) is 4.47. The van der Waals surface area contributed by atoms with Gasteiger partial charge in [-0.3, -0.25) is 0 Å². The van der Waals surface area contributed by atoms with Crippen molar-refractivity contribution in [2.75, 3.05) is 13.2 Å². The summed E-state index contributed by atoms with van der Waals surface area (Å²) in [5, 5.41) is 18.4. The lowest BCUT2D eigenvalue weighted by Gasteiger charge is -2.22. The molecule has 2 bridgehead atoms. The lowest BCUT2D eigenvalue weighted by Crippen LogP contribution is -2.30. The Balaban J connectivity index is 1.61. The lowest BCUT2D eigenvalue weighted by atomic mass is 9.94. The van der Waals surface area contributed by atoms with Gasteiger partial charge in [0.2, 0.25) is 0 Å². The number of unbranched alkanes of at least 4 members (excludes halogenated alkanes) is 2. The third-order valence-corrected chi connectivity index (χ3v) is 3.23. The second kappa shape index (κ2) is 5.77. The Morgan fingerprint density at radius 1 is 1.31 bits per heavy atom. The van der Waals surface area contributed by atoms with Gasteiger partial charge >= 0.3 is 0 Å². The Bertz CT molecular complexity index is 241. The average molecular weight is 228 g/mol.